The van der Waals surface area contributed by atoms with Gasteiger partial charge < -0.3 is 10.1 Å². The van der Waals surface area contributed by atoms with Gasteiger partial charge in [0, 0.05) is 15.5 Å². The van der Waals surface area contributed by atoms with Crippen LogP contribution in [0.4, 0.5) is 5.69 Å². The molecule has 1 aliphatic rings. The Balaban J connectivity index is 1.48. The Labute approximate surface area is 220 Å². The minimum atomic E-state index is -3.84. The molecule has 0 aliphatic carbocycles. The SMILES string of the molecule is O=C(COC(=O)CC1c2ccccc2CCN1S(=O)(=O)c1ccccc1)Nc1ccc(Br)cc1Br. The van der Waals surface area contributed by atoms with Crippen LogP contribution in [0.2, 0.25) is 0 Å². The molecule has 0 radical (unpaired) electrons. The van der Waals surface area contributed by atoms with Crippen molar-refractivity contribution >= 4 is 59.4 Å². The quantitative estimate of drug-likeness (QED) is 0.372. The lowest BCUT2D eigenvalue weighted by Gasteiger charge is -2.36. The molecule has 1 heterocycles. The Morgan fingerprint density at radius 1 is 1.00 bits per heavy atom. The minimum Gasteiger partial charge on any atom is -0.456 e. The van der Waals surface area contributed by atoms with Gasteiger partial charge in [-0.2, -0.15) is 4.31 Å². The summed E-state index contributed by atoms with van der Waals surface area (Å²) in [6, 6.07) is 20.1. The number of anilines is 1. The average molecular weight is 622 g/mol. The fourth-order valence-electron chi connectivity index (χ4n) is 4.00. The van der Waals surface area contributed by atoms with Crippen LogP contribution in [0.15, 0.2) is 86.6 Å². The van der Waals surface area contributed by atoms with Gasteiger partial charge in [-0.05, 0) is 63.8 Å². The van der Waals surface area contributed by atoms with E-state index in [1.807, 2.05) is 24.3 Å². The minimum absolute atomic E-state index is 0.164. The number of hydrogen-bond donors (Lipinski definition) is 1. The van der Waals surface area contributed by atoms with Crippen LogP contribution < -0.4 is 5.32 Å². The van der Waals surface area contributed by atoms with Gasteiger partial charge in [-0.25, -0.2) is 8.42 Å². The second kappa shape index (κ2) is 11.0. The third-order valence-corrected chi connectivity index (χ3v) is 8.71. The molecule has 3 aromatic rings. The average Bonchev–Trinajstić information content (AvgIpc) is 2.85. The topological polar surface area (TPSA) is 92.8 Å². The largest absolute Gasteiger partial charge is 0.456 e. The van der Waals surface area contributed by atoms with Gasteiger partial charge in [0.25, 0.3) is 5.91 Å². The van der Waals surface area contributed by atoms with Crippen LogP contribution >= 0.6 is 31.9 Å². The molecule has 1 atom stereocenters. The van der Waals surface area contributed by atoms with E-state index in [9.17, 15) is 18.0 Å². The normalized spacial score (nSPS) is 15.8. The fraction of sp³-hybridized carbons (Fsp3) is 0.200. The van der Waals surface area contributed by atoms with E-state index < -0.39 is 34.5 Å². The first-order valence-corrected chi connectivity index (χ1v) is 13.8. The highest BCUT2D eigenvalue weighted by Gasteiger charge is 2.37. The van der Waals surface area contributed by atoms with Crippen LogP contribution in [0.3, 0.4) is 0 Å². The van der Waals surface area contributed by atoms with Crippen molar-refractivity contribution in [2.45, 2.75) is 23.8 Å². The zero-order valence-electron chi connectivity index (χ0n) is 18.5. The first-order valence-electron chi connectivity index (χ1n) is 10.8. The molecule has 4 rings (SSSR count). The van der Waals surface area contributed by atoms with Crippen LogP contribution in [-0.4, -0.2) is 37.8 Å². The molecule has 0 fully saturated rings. The third-order valence-electron chi connectivity index (χ3n) is 5.64. The molecule has 3 aromatic carbocycles. The number of benzene rings is 3. The molecular weight excluding hydrogens is 600 g/mol. The lowest BCUT2D eigenvalue weighted by molar-refractivity contribution is -0.148. The van der Waals surface area contributed by atoms with Gasteiger partial charge in [0.15, 0.2) is 6.61 Å². The van der Waals surface area contributed by atoms with Crippen LogP contribution in [0, 0.1) is 0 Å². The van der Waals surface area contributed by atoms with Crippen molar-refractivity contribution in [3.8, 4) is 0 Å². The maximum absolute atomic E-state index is 13.4. The number of ether oxygens (including phenoxy) is 1. The molecule has 7 nitrogen and oxygen atoms in total. The molecule has 1 unspecified atom stereocenters. The zero-order valence-corrected chi connectivity index (χ0v) is 22.5. The maximum Gasteiger partial charge on any atom is 0.308 e. The van der Waals surface area contributed by atoms with Crippen molar-refractivity contribution in [1.82, 2.24) is 4.31 Å². The summed E-state index contributed by atoms with van der Waals surface area (Å²) in [4.78, 5) is 25.2. The fourth-order valence-corrected chi connectivity index (χ4v) is 6.77. The van der Waals surface area contributed by atoms with Crippen molar-refractivity contribution in [2.24, 2.45) is 0 Å². The second-order valence-electron chi connectivity index (χ2n) is 7.93. The van der Waals surface area contributed by atoms with E-state index in [0.29, 0.717) is 16.6 Å². The summed E-state index contributed by atoms with van der Waals surface area (Å²) in [6.07, 6.45) is 0.330. The number of esters is 1. The summed E-state index contributed by atoms with van der Waals surface area (Å²) >= 11 is 6.71. The lowest BCUT2D eigenvalue weighted by Crippen LogP contribution is -2.41. The van der Waals surface area contributed by atoms with Crippen LogP contribution in [0.1, 0.15) is 23.6 Å². The molecule has 0 aromatic heterocycles. The van der Waals surface area contributed by atoms with Gasteiger partial charge in [0.1, 0.15) is 0 Å². The predicted octanol–water partition coefficient (Wildman–Crippen LogP) is 5.07. The molecule has 10 heteroatoms. The maximum atomic E-state index is 13.4. The number of carbonyl (C=O) groups excluding carboxylic acids is 2. The summed E-state index contributed by atoms with van der Waals surface area (Å²) in [5.74, 6) is -1.16. The third kappa shape index (κ3) is 6.00. The number of carbonyl (C=O) groups is 2. The molecule has 1 amide bonds. The first kappa shape index (κ1) is 25.6. The number of fused-ring (bicyclic) bond motifs is 1. The predicted molar refractivity (Wildman–Crippen MR) is 139 cm³/mol. The number of rotatable bonds is 7. The summed E-state index contributed by atoms with van der Waals surface area (Å²) < 4.78 is 34.9. The standard InChI is InChI=1S/C25H22Br2N2O5S/c26-18-10-11-22(21(27)14-18)28-24(30)16-34-25(31)15-23-20-9-5-4-6-17(20)12-13-29(23)35(32,33)19-7-2-1-3-8-19/h1-11,14,23H,12-13,15-16H2,(H,28,30). The van der Waals surface area contributed by atoms with E-state index in [1.54, 1.807) is 36.4 Å². The second-order valence-corrected chi connectivity index (χ2v) is 11.6. The molecule has 0 saturated carbocycles. The summed E-state index contributed by atoms with van der Waals surface area (Å²) in [6.45, 7) is -0.245. The van der Waals surface area contributed by atoms with E-state index in [0.717, 1.165) is 15.6 Å². The summed E-state index contributed by atoms with van der Waals surface area (Å²) in [5, 5.41) is 2.68. The molecule has 1 N–H and O–H groups in total. The van der Waals surface area contributed by atoms with Crippen LogP contribution in [0.25, 0.3) is 0 Å². The Hall–Kier alpha value is -2.53. The molecule has 1 aliphatic heterocycles. The monoisotopic (exact) mass is 620 g/mol. The van der Waals surface area contributed by atoms with Crippen LogP contribution in [0.5, 0.6) is 0 Å². The molecule has 0 saturated heterocycles. The Morgan fingerprint density at radius 2 is 1.71 bits per heavy atom. The smallest absolute Gasteiger partial charge is 0.308 e. The lowest BCUT2D eigenvalue weighted by atomic mass is 9.92. The molecular formula is C25H22Br2N2O5S. The van der Waals surface area contributed by atoms with E-state index in [-0.39, 0.29) is 17.9 Å². The van der Waals surface area contributed by atoms with Gasteiger partial charge in [0.2, 0.25) is 10.0 Å². The number of hydrogen-bond acceptors (Lipinski definition) is 5. The van der Waals surface area contributed by atoms with Crippen molar-refractivity contribution in [2.75, 3.05) is 18.5 Å². The molecule has 0 spiro atoms. The first-order chi connectivity index (χ1) is 16.8. The van der Waals surface area contributed by atoms with Crippen molar-refractivity contribution in [3.63, 3.8) is 0 Å². The van der Waals surface area contributed by atoms with Crippen molar-refractivity contribution in [3.05, 3.63) is 92.9 Å². The van der Waals surface area contributed by atoms with Gasteiger partial charge in [-0.1, -0.05) is 58.4 Å². The molecule has 35 heavy (non-hydrogen) atoms. The highest BCUT2D eigenvalue weighted by Crippen LogP contribution is 2.36. The van der Waals surface area contributed by atoms with Crippen molar-refractivity contribution < 1.29 is 22.7 Å². The van der Waals surface area contributed by atoms with Gasteiger partial charge in [-0.3, -0.25) is 9.59 Å². The summed E-state index contributed by atoms with van der Waals surface area (Å²) in [5.41, 5.74) is 2.29. The van der Waals surface area contributed by atoms with Gasteiger partial charge in [0.05, 0.1) is 23.0 Å². The van der Waals surface area contributed by atoms with Gasteiger partial charge in [-0.15, -0.1) is 0 Å². The van der Waals surface area contributed by atoms with Crippen LogP contribution in [-0.2, 0) is 30.8 Å². The Morgan fingerprint density at radius 3 is 2.46 bits per heavy atom. The zero-order chi connectivity index (χ0) is 25.0. The highest BCUT2D eigenvalue weighted by molar-refractivity contribution is 9.11. The van der Waals surface area contributed by atoms with E-state index in [4.69, 9.17) is 4.74 Å². The van der Waals surface area contributed by atoms with Crippen molar-refractivity contribution in [1.29, 1.82) is 0 Å². The van der Waals surface area contributed by atoms with E-state index >= 15 is 0 Å². The van der Waals surface area contributed by atoms with E-state index in [2.05, 4.69) is 37.2 Å². The summed E-state index contributed by atoms with van der Waals surface area (Å²) in [7, 11) is -3.84. The Bertz CT molecular complexity index is 1350. The highest BCUT2D eigenvalue weighted by atomic mass is 79.9. The molecule has 182 valence electrons. The number of nitrogens with zero attached hydrogens (tertiary/aromatic N) is 1. The van der Waals surface area contributed by atoms with E-state index in [1.165, 1.54) is 16.4 Å². The number of sulfonamides is 1. The number of amides is 1. The molecule has 0 bridgehead atoms. The number of halogens is 2. The number of nitrogens with one attached hydrogen (secondary N) is 1. The Kier molecular flexibility index (Phi) is 8.05. The van der Waals surface area contributed by atoms with Gasteiger partial charge >= 0.3 is 5.97 Å².